The van der Waals surface area contributed by atoms with Crippen LogP contribution in [0.5, 0.6) is 23.0 Å². The van der Waals surface area contributed by atoms with Crippen LogP contribution in [0.4, 0.5) is 0 Å². The zero-order valence-electron chi connectivity index (χ0n) is 20.5. The summed E-state index contributed by atoms with van der Waals surface area (Å²) in [5, 5.41) is 72.3. The van der Waals surface area contributed by atoms with Gasteiger partial charge in [-0.05, 0) is 17.7 Å². The third kappa shape index (κ3) is 4.69. The minimum absolute atomic E-state index is 0.146. The molecule has 0 aliphatic carbocycles. The molecule has 1 aliphatic rings. The van der Waals surface area contributed by atoms with E-state index in [1.54, 1.807) is 30.3 Å². The Kier molecular flexibility index (Phi) is 7.08. The Bertz CT molecular complexity index is 1680. The van der Waals surface area contributed by atoms with E-state index in [1.165, 1.54) is 6.08 Å². The van der Waals surface area contributed by atoms with Crippen LogP contribution in [0.25, 0.3) is 28.0 Å². The molecule has 0 bridgehead atoms. The van der Waals surface area contributed by atoms with E-state index in [4.69, 9.17) is 13.9 Å². The van der Waals surface area contributed by atoms with E-state index in [2.05, 4.69) is 0 Å². The van der Waals surface area contributed by atoms with E-state index in [0.717, 1.165) is 24.3 Å². The van der Waals surface area contributed by atoms with Crippen molar-refractivity contribution in [2.24, 2.45) is 0 Å². The number of fused-ring (bicyclic) bond motifs is 2. The van der Waals surface area contributed by atoms with Gasteiger partial charge in [0.25, 0.3) is 0 Å². The molecule has 7 N–H and O–H groups in total. The quantitative estimate of drug-likeness (QED) is 0.0814. The maximum Gasteiger partial charge on any atom is 0.331 e. The number of aliphatic hydroxyl groups excluding tert-OH is 3. The molecule has 2 heterocycles. The van der Waals surface area contributed by atoms with Crippen molar-refractivity contribution in [1.82, 2.24) is 0 Å². The lowest BCUT2D eigenvalue weighted by molar-refractivity contribution is -0.240. The van der Waals surface area contributed by atoms with Crippen molar-refractivity contribution in [2.75, 3.05) is 6.61 Å². The first kappa shape index (κ1) is 27.0. The molecule has 208 valence electrons. The van der Waals surface area contributed by atoms with Gasteiger partial charge in [0.1, 0.15) is 52.5 Å². The van der Waals surface area contributed by atoms with Crippen LogP contribution in [0.1, 0.15) is 17.2 Å². The van der Waals surface area contributed by atoms with Crippen LogP contribution in [0.15, 0.2) is 63.8 Å². The fourth-order valence-corrected chi connectivity index (χ4v) is 4.67. The molecule has 4 aromatic rings. The monoisotopic (exact) mass is 552 g/mol. The van der Waals surface area contributed by atoms with Gasteiger partial charge in [-0.25, -0.2) is 4.79 Å². The number of aliphatic hydroxyl groups is 3. The number of carbonyl (C=O) groups is 1. The van der Waals surface area contributed by atoms with Crippen molar-refractivity contribution in [2.45, 2.75) is 30.5 Å². The van der Waals surface area contributed by atoms with Gasteiger partial charge < -0.3 is 49.6 Å². The molecule has 5 atom stereocenters. The van der Waals surface area contributed by atoms with E-state index >= 15 is 0 Å². The number of ether oxygens (including phenoxy) is 2. The number of phenols is 4. The van der Waals surface area contributed by atoms with Crippen molar-refractivity contribution in [3.05, 3.63) is 76.0 Å². The Morgan fingerprint density at radius 2 is 1.60 bits per heavy atom. The van der Waals surface area contributed by atoms with Gasteiger partial charge in [-0.2, -0.15) is 0 Å². The SMILES string of the molecule is O=C(C=Cc1ccccc1)OC1C(O)C(CO)OC(c2c(O)cc3oc4cc(O)c(O)cc4c(=O)c3c2O)C1O. The van der Waals surface area contributed by atoms with E-state index in [9.17, 15) is 45.3 Å². The van der Waals surface area contributed by atoms with Crippen LogP contribution >= 0.6 is 0 Å². The molecule has 1 aliphatic heterocycles. The summed E-state index contributed by atoms with van der Waals surface area (Å²) in [5.74, 6) is -3.67. The second-order valence-electron chi connectivity index (χ2n) is 9.20. The van der Waals surface area contributed by atoms with Crippen LogP contribution < -0.4 is 5.43 Å². The summed E-state index contributed by atoms with van der Waals surface area (Å²) in [6.45, 7) is -0.789. The third-order valence-electron chi connectivity index (χ3n) is 6.66. The summed E-state index contributed by atoms with van der Waals surface area (Å²) in [5.41, 5.74) is -1.10. The standard InChI is InChI=1S/C28H24O12/c29-11-19-24(35)28(40-20(33)7-6-12-4-2-1-3-5-12)26(37)27(39-19)21-16(32)10-18-22(25(21)36)23(34)13-8-14(30)15(31)9-17(13)38-18/h1-10,19,24,26-32,35-37H,11H2. The molecular weight excluding hydrogens is 528 g/mol. The topological polar surface area (TPSA) is 207 Å². The first-order chi connectivity index (χ1) is 19.1. The van der Waals surface area contributed by atoms with E-state index in [0.29, 0.717) is 5.56 Å². The Morgan fingerprint density at radius 1 is 0.925 bits per heavy atom. The van der Waals surface area contributed by atoms with Gasteiger partial charge in [-0.1, -0.05) is 30.3 Å². The van der Waals surface area contributed by atoms with Crippen molar-refractivity contribution in [1.29, 1.82) is 0 Å². The molecular formula is C28H24O12. The van der Waals surface area contributed by atoms with Crippen LogP contribution in [0.3, 0.4) is 0 Å². The molecule has 3 aromatic carbocycles. The van der Waals surface area contributed by atoms with Gasteiger partial charge in [0.2, 0.25) is 5.43 Å². The highest BCUT2D eigenvalue weighted by Gasteiger charge is 2.48. The van der Waals surface area contributed by atoms with E-state index < -0.39 is 82.5 Å². The van der Waals surface area contributed by atoms with E-state index in [1.807, 2.05) is 0 Å². The number of hydrogen-bond acceptors (Lipinski definition) is 12. The number of phenolic OH excluding ortho intramolecular Hbond substituents is 4. The zero-order chi connectivity index (χ0) is 28.7. The molecule has 12 heteroatoms. The highest BCUT2D eigenvalue weighted by molar-refractivity contribution is 5.96. The number of aromatic hydroxyl groups is 4. The number of esters is 1. The highest BCUT2D eigenvalue weighted by Crippen LogP contribution is 2.45. The molecule has 1 fully saturated rings. The molecule has 1 saturated heterocycles. The van der Waals surface area contributed by atoms with Crippen molar-refractivity contribution in [3.8, 4) is 23.0 Å². The van der Waals surface area contributed by atoms with Crippen molar-refractivity contribution >= 4 is 34.0 Å². The van der Waals surface area contributed by atoms with Crippen LogP contribution in [-0.2, 0) is 14.3 Å². The van der Waals surface area contributed by atoms with Gasteiger partial charge in [0.05, 0.1) is 17.6 Å². The maximum absolute atomic E-state index is 13.2. The highest BCUT2D eigenvalue weighted by atomic mass is 16.6. The van der Waals surface area contributed by atoms with Crippen LogP contribution in [0.2, 0.25) is 0 Å². The number of carbonyl (C=O) groups excluding carboxylic acids is 1. The Labute approximate surface area is 224 Å². The smallest absolute Gasteiger partial charge is 0.331 e. The van der Waals surface area contributed by atoms with Crippen LogP contribution in [0, 0.1) is 0 Å². The largest absolute Gasteiger partial charge is 0.507 e. The fourth-order valence-electron chi connectivity index (χ4n) is 4.67. The fraction of sp³-hybridized carbons (Fsp3) is 0.214. The normalized spacial score (nSPS) is 23.1. The minimum atomic E-state index is -1.88. The van der Waals surface area contributed by atoms with Crippen molar-refractivity contribution < 1.29 is 54.4 Å². The first-order valence-electron chi connectivity index (χ1n) is 12.0. The van der Waals surface area contributed by atoms with Gasteiger partial charge in [-0.15, -0.1) is 0 Å². The van der Waals surface area contributed by atoms with Crippen molar-refractivity contribution in [3.63, 3.8) is 0 Å². The second kappa shape index (κ2) is 10.5. The average molecular weight is 552 g/mol. The Morgan fingerprint density at radius 3 is 2.30 bits per heavy atom. The Balaban J connectivity index is 1.55. The summed E-state index contributed by atoms with van der Waals surface area (Å²) < 4.78 is 16.4. The van der Waals surface area contributed by atoms with Crippen LogP contribution in [-0.4, -0.2) is 72.7 Å². The summed E-state index contributed by atoms with van der Waals surface area (Å²) in [6.07, 6.45) is -5.85. The molecule has 1 aromatic heterocycles. The molecule has 0 radical (unpaired) electrons. The van der Waals surface area contributed by atoms with Gasteiger partial charge in [-0.3, -0.25) is 4.79 Å². The lowest BCUT2D eigenvalue weighted by Crippen LogP contribution is -2.56. The maximum atomic E-state index is 13.2. The first-order valence-corrected chi connectivity index (χ1v) is 12.0. The number of benzene rings is 3. The molecule has 12 nitrogen and oxygen atoms in total. The molecule has 5 unspecified atom stereocenters. The molecule has 5 rings (SSSR count). The molecule has 0 amide bonds. The average Bonchev–Trinajstić information content (AvgIpc) is 2.92. The third-order valence-corrected chi connectivity index (χ3v) is 6.66. The van der Waals surface area contributed by atoms with Gasteiger partial charge in [0, 0.05) is 18.2 Å². The van der Waals surface area contributed by atoms with Gasteiger partial charge in [0.15, 0.2) is 17.6 Å². The number of hydrogen-bond donors (Lipinski definition) is 7. The molecule has 0 spiro atoms. The summed E-state index contributed by atoms with van der Waals surface area (Å²) >= 11 is 0. The van der Waals surface area contributed by atoms with E-state index in [-0.39, 0.29) is 16.6 Å². The second-order valence-corrected chi connectivity index (χ2v) is 9.20. The lowest BCUT2D eigenvalue weighted by atomic mass is 9.89. The lowest BCUT2D eigenvalue weighted by Gasteiger charge is -2.42. The summed E-state index contributed by atoms with van der Waals surface area (Å²) in [6, 6.07) is 11.7. The molecule has 0 saturated carbocycles. The number of rotatable bonds is 5. The minimum Gasteiger partial charge on any atom is -0.507 e. The van der Waals surface area contributed by atoms with Gasteiger partial charge >= 0.3 is 5.97 Å². The predicted molar refractivity (Wildman–Crippen MR) is 139 cm³/mol. The zero-order valence-corrected chi connectivity index (χ0v) is 20.5. The molecule has 40 heavy (non-hydrogen) atoms. The summed E-state index contributed by atoms with van der Waals surface area (Å²) in [7, 11) is 0. The summed E-state index contributed by atoms with van der Waals surface area (Å²) in [4.78, 5) is 25.7. The predicted octanol–water partition coefficient (Wildman–Crippen LogP) is 1.55. The Hall–Kier alpha value is -4.62.